The van der Waals surface area contributed by atoms with Crippen molar-refractivity contribution < 1.29 is 19.1 Å². The minimum absolute atomic E-state index is 0.0221. The largest absolute Gasteiger partial charge is 0.465 e. The van der Waals surface area contributed by atoms with E-state index in [9.17, 15) is 9.59 Å². The number of aromatic nitrogens is 1. The maximum Gasteiger partial charge on any atom is 0.339 e. The Morgan fingerprint density at radius 2 is 2.17 bits per heavy atom. The lowest BCUT2D eigenvalue weighted by Gasteiger charge is -1.97. The molecule has 0 aliphatic carbocycles. The molecule has 5 heteroatoms. The highest BCUT2D eigenvalue weighted by Gasteiger charge is 2.04. The fourth-order valence-corrected chi connectivity index (χ4v) is 1.13. The van der Waals surface area contributed by atoms with Crippen molar-refractivity contribution in [3.05, 3.63) is 29.6 Å². The third-order valence-electron chi connectivity index (χ3n) is 1.94. The highest BCUT2D eigenvalue weighted by Crippen LogP contribution is 2.01. The number of rotatable bonds is 3. The quantitative estimate of drug-likeness (QED) is 0.592. The molecule has 0 aliphatic rings. The molecule has 18 heavy (non-hydrogen) atoms. The van der Waals surface area contributed by atoms with Gasteiger partial charge in [-0.2, -0.15) is 0 Å². The van der Waals surface area contributed by atoms with Crippen molar-refractivity contribution in [1.29, 1.82) is 0 Å². The second-order valence-electron chi connectivity index (χ2n) is 3.21. The molecule has 1 heterocycles. The molecule has 0 fully saturated rings. The summed E-state index contributed by atoms with van der Waals surface area (Å²) in [7, 11) is 1.30. The number of esters is 2. The average molecular weight is 247 g/mol. The Morgan fingerprint density at radius 3 is 2.72 bits per heavy atom. The van der Waals surface area contributed by atoms with Crippen LogP contribution in [-0.4, -0.2) is 30.6 Å². The van der Waals surface area contributed by atoms with Crippen LogP contribution in [0.4, 0.5) is 0 Å². The van der Waals surface area contributed by atoms with Crippen LogP contribution in [0.3, 0.4) is 0 Å². The Kier molecular flexibility index (Phi) is 5.39. The first-order valence-corrected chi connectivity index (χ1v) is 5.36. The molecular formula is C13H13NO4. The summed E-state index contributed by atoms with van der Waals surface area (Å²) >= 11 is 0. The van der Waals surface area contributed by atoms with Crippen LogP contribution in [0.1, 0.15) is 29.4 Å². The molecule has 1 aromatic heterocycles. The van der Waals surface area contributed by atoms with Gasteiger partial charge in [-0.05, 0) is 25.0 Å². The molecule has 0 saturated carbocycles. The van der Waals surface area contributed by atoms with Crippen LogP contribution in [-0.2, 0) is 14.3 Å². The van der Waals surface area contributed by atoms with Crippen molar-refractivity contribution in [2.24, 2.45) is 0 Å². The van der Waals surface area contributed by atoms with Gasteiger partial charge < -0.3 is 9.47 Å². The van der Waals surface area contributed by atoms with E-state index in [4.69, 9.17) is 4.74 Å². The van der Waals surface area contributed by atoms with E-state index in [0.717, 1.165) is 0 Å². The Morgan fingerprint density at radius 1 is 1.39 bits per heavy atom. The smallest absolute Gasteiger partial charge is 0.339 e. The fraction of sp³-hybridized carbons (Fsp3) is 0.308. The third-order valence-corrected chi connectivity index (χ3v) is 1.94. The molecule has 0 aliphatic heterocycles. The third kappa shape index (κ3) is 4.26. The van der Waals surface area contributed by atoms with Crippen molar-refractivity contribution in [2.45, 2.75) is 13.3 Å². The van der Waals surface area contributed by atoms with Crippen molar-refractivity contribution >= 4 is 11.9 Å². The molecule has 0 atom stereocenters. The van der Waals surface area contributed by atoms with Gasteiger partial charge in [0.2, 0.25) is 0 Å². The van der Waals surface area contributed by atoms with Gasteiger partial charge in [-0.15, -0.1) is 0 Å². The SMILES string of the molecule is CCOC(=O)CC#Cc1ccc(C(=O)OC)cn1. The van der Waals surface area contributed by atoms with Crippen LogP contribution < -0.4 is 0 Å². The first-order chi connectivity index (χ1) is 8.67. The normalized spacial score (nSPS) is 9.00. The monoisotopic (exact) mass is 247 g/mol. The van der Waals surface area contributed by atoms with Crippen LogP contribution in [0.25, 0.3) is 0 Å². The Bertz CT molecular complexity index is 482. The molecule has 0 saturated heterocycles. The molecule has 0 amide bonds. The summed E-state index contributed by atoms with van der Waals surface area (Å²) in [5.74, 6) is 4.53. The van der Waals surface area contributed by atoms with Crippen LogP contribution in [0.15, 0.2) is 18.3 Å². The predicted molar refractivity (Wildman–Crippen MR) is 63.7 cm³/mol. The van der Waals surface area contributed by atoms with E-state index in [0.29, 0.717) is 17.9 Å². The van der Waals surface area contributed by atoms with Crippen LogP contribution in [0.2, 0.25) is 0 Å². The number of ether oxygens (including phenoxy) is 2. The number of hydrogen-bond acceptors (Lipinski definition) is 5. The molecular weight excluding hydrogens is 234 g/mol. The summed E-state index contributed by atoms with van der Waals surface area (Å²) in [5.41, 5.74) is 0.834. The predicted octanol–water partition coefficient (Wildman–Crippen LogP) is 1.17. The average Bonchev–Trinajstić information content (AvgIpc) is 2.39. The van der Waals surface area contributed by atoms with E-state index in [2.05, 4.69) is 21.6 Å². The van der Waals surface area contributed by atoms with Crippen molar-refractivity contribution in [2.75, 3.05) is 13.7 Å². The molecule has 94 valence electrons. The molecule has 5 nitrogen and oxygen atoms in total. The first-order valence-electron chi connectivity index (χ1n) is 5.36. The molecule has 0 bridgehead atoms. The number of carbonyl (C=O) groups excluding carboxylic acids is 2. The molecule has 1 aromatic rings. The summed E-state index contributed by atoms with van der Waals surface area (Å²) < 4.78 is 9.26. The van der Waals surface area contributed by atoms with E-state index < -0.39 is 5.97 Å². The highest BCUT2D eigenvalue weighted by atomic mass is 16.5. The van der Waals surface area contributed by atoms with E-state index in [1.165, 1.54) is 13.3 Å². The number of hydrogen-bond donors (Lipinski definition) is 0. The molecule has 1 rings (SSSR count). The van der Waals surface area contributed by atoms with E-state index >= 15 is 0 Å². The Hall–Kier alpha value is -2.35. The Balaban J connectivity index is 2.61. The zero-order chi connectivity index (χ0) is 13.4. The summed E-state index contributed by atoms with van der Waals surface area (Å²) in [5, 5.41) is 0. The van der Waals surface area contributed by atoms with Crippen molar-refractivity contribution in [3.63, 3.8) is 0 Å². The maximum atomic E-state index is 11.1. The summed E-state index contributed by atoms with van der Waals surface area (Å²) in [4.78, 5) is 26.1. The topological polar surface area (TPSA) is 65.5 Å². The zero-order valence-electron chi connectivity index (χ0n) is 10.2. The van der Waals surface area contributed by atoms with Gasteiger partial charge >= 0.3 is 11.9 Å². The van der Waals surface area contributed by atoms with Gasteiger partial charge in [0.1, 0.15) is 12.1 Å². The van der Waals surface area contributed by atoms with Crippen LogP contribution >= 0.6 is 0 Å². The molecule has 0 aromatic carbocycles. The molecule has 0 radical (unpaired) electrons. The summed E-state index contributed by atoms with van der Waals surface area (Å²) in [6, 6.07) is 3.15. The van der Waals surface area contributed by atoms with Crippen molar-refractivity contribution in [1.82, 2.24) is 4.98 Å². The number of pyridine rings is 1. The van der Waals surface area contributed by atoms with Crippen LogP contribution in [0, 0.1) is 11.8 Å². The second kappa shape index (κ2) is 7.07. The van der Waals surface area contributed by atoms with Gasteiger partial charge in [-0.1, -0.05) is 5.92 Å². The minimum atomic E-state index is -0.450. The lowest BCUT2D eigenvalue weighted by atomic mass is 10.2. The molecule has 0 N–H and O–H groups in total. The maximum absolute atomic E-state index is 11.1. The van der Waals surface area contributed by atoms with Gasteiger partial charge in [0, 0.05) is 6.20 Å². The first kappa shape index (κ1) is 13.7. The summed E-state index contributed by atoms with van der Waals surface area (Å²) in [6.45, 7) is 2.07. The lowest BCUT2D eigenvalue weighted by Crippen LogP contribution is -2.02. The fourth-order valence-electron chi connectivity index (χ4n) is 1.13. The lowest BCUT2D eigenvalue weighted by molar-refractivity contribution is -0.141. The highest BCUT2D eigenvalue weighted by molar-refractivity contribution is 5.88. The summed E-state index contributed by atoms with van der Waals surface area (Å²) in [6.07, 6.45) is 1.40. The number of nitrogens with zero attached hydrogens (tertiary/aromatic N) is 1. The van der Waals surface area contributed by atoms with Gasteiger partial charge in [-0.3, -0.25) is 4.79 Å². The molecule has 0 spiro atoms. The number of carbonyl (C=O) groups is 2. The molecule has 0 unspecified atom stereocenters. The van der Waals surface area contributed by atoms with Gasteiger partial charge in [0.25, 0.3) is 0 Å². The van der Waals surface area contributed by atoms with Crippen molar-refractivity contribution in [3.8, 4) is 11.8 Å². The van der Waals surface area contributed by atoms with E-state index in [1.54, 1.807) is 19.1 Å². The van der Waals surface area contributed by atoms with E-state index in [1.807, 2.05) is 0 Å². The number of methoxy groups -OCH3 is 1. The van der Waals surface area contributed by atoms with Crippen LogP contribution in [0.5, 0.6) is 0 Å². The van der Waals surface area contributed by atoms with E-state index in [-0.39, 0.29) is 12.4 Å². The minimum Gasteiger partial charge on any atom is -0.465 e. The van der Waals surface area contributed by atoms with Gasteiger partial charge in [-0.25, -0.2) is 9.78 Å². The standard InChI is InChI=1S/C13H13NO4/c1-3-18-12(15)6-4-5-11-8-7-10(9-14-11)13(16)17-2/h7-9H,3,6H2,1-2H3. The van der Waals surface area contributed by atoms with Gasteiger partial charge in [0.05, 0.1) is 19.3 Å². The zero-order valence-corrected chi connectivity index (χ0v) is 10.2. The van der Waals surface area contributed by atoms with Gasteiger partial charge in [0.15, 0.2) is 0 Å². The second-order valence-corrected chi connectivity index (χ2v) is 3.21. The Labute approximate surface area is 105 Å².